The van der Waals surface area contributed by atoms with Gasteiger partial charge in [-0.15, -0.1) is 0 Å². The first kappa shape index (κ1) is 18.2. The third-order valence-corrected chi connectivity index (χ3v) is 4.97. The number of carbonyl (C=O) groups is 1. The van der Waals surface area contributed by atoms with Crippen LogP contribution in [0.2, 0.25) is 0 Å². The molecular formula is C20H20FN5O2. The molecule has 8 heteroatoms. The van der Waals surface area contributed by atoms with Crippen molar-refractivity contribution in [3.05, 3.63) is 70.8 Å². The van der Waals surface area contributed by atoms with Crippen LogP contribution < -0.4 is 5.56 Å². The Labute approximate surface area is 161 Å². The van der Waals surface area contributed by atoms with Gasteiger partial charge in [-0.3, -0.25) is 24.0 Å². The molecule has 0 atom stereocenters. The maximum absolute atomic E-state index is 13.4. The van der Waals surface area contributed by atoms with Crippen LogP contribution in [0.15, 0.2) is 53.8 Å². The van der Waals surface area contributed by atoms with Gasteiger partial charge in [-0.05, 0) is 35.9 Å². The van der Waals surface area contributed by atoms with Gasteiger partial charge in [0.15, 0.2) is 0 Å². The minimum absolute atomic E-state index is 0.0946. The van der Waals surface area contributed by atoms with E-state index in [9.17, 15) is 14.0 Å². The normalized spacial score (nSPS) is 15.1. The third kappa shape index (κ3) is 3.91. The number of rotatable bonds is 4. The van der Waals surface area contributed by atoms with Gasteiger partial charge in [0, 0.05) is 45.1 Å². The first-order valence-corrected chi connectivity index (χ1v) is 9.14. The summed E-state index contributed by atoms with van der Waals surface area (Å²) >= 11 is 0. The van der Waals surface area contributed by atoms with Gasteiger partial charge in [-0.25, -0.2) is 9.37 Å². The minimum Gasteiger partial charge on any atom is -0.339 e. The van der Waals surface area contributed by atoms with Gasteiger partial charge < -0.3 is 4.90 Å². The molecule has 1 aromatic carbocycles. The van der Waals surface area contributed by atoms with E-state index >= 15 is 0 Å². The Hall–Kier alpha value is -3.13. The molecule has 3 aromatic rings. The maximum Gasteiger partial charge on any atom is 0.261 e. The van der Waals surface area contributed by atoms with Crippen molar-refractivity contribution in [2.45, 2.75) is 13.1 Å². The van der Waals surface area contributed by atoms with Crippen LogP contribution in [0, 0.1) is 5.82 Å². The van der Waals surface area contributed by atoms with Crippen LogP contribution >= 0.6 is 0 Å². The molecule has 0 aliphatic carbocycles. The van der Waals surface area contributed by atoms with Crippen LogP contribution in [0.5, 0.6) is 0 Å². The van der Waals surface area contributed by atoms with E-state index in [4.69, 9.17) is 0 Å². The highest BCUT2D eigenvalue weighted by atomic mass is 19.1. The Morgan fingerprint density at radius 1 is 1.07 bits per heavy atom. The lowest BCUT2D eigenvalue weighted by atomic mass is 10.2. The summed E-state index contributed by atoms with van der Waals surface area (Å²) in [6, 6.07) is 7.85. The Morgan fingerprint density at radius 3 is 2.57 bits per heavy atom. The molecule has 3 heterocycles. The van der Waals surface area contributed by atoms with Crippen LogP contribution in [-0.2, 0) is 17.9 Å². The summed E-state index contributed by atoms with van der Waals surface area (Å²) in [6.07, 6.45) is 4.90. The third-order valence-electron chi connectivity index (χ3n) is 4.97. The van der Waals surface area contributed by atoms with Crippen molar-refractivity contribution >= 4 is 16.8 Å². The first-order chi connectivity index (χ1) is 13.6. The van der Waals surface area contributed by atoms with Crippen molar-refractivity contribution in [3.63, 3.8) is 0 Å². The number of carbonyl (C=O) groups excluding carboxylic acids is 1. The maximum atomic E-state index is 13.4. The van der Waals surface area contributed by atoms with Crippen LogP contribution in [0.1, 0.15) is 5.56 Å². The SMILES string of the molecule is O=C(Cn1cnc2ccc(F)cc2c1=O)N1CCN(Cc2ccncc2)CC1. The van der Waals surface area contributed by atoms with Gasteiger partial charge in [0.05, 0.1) is 17.2 Å². The summed E-state index contributed by atoms with van der Waals surface area (Å²) in [7, 11) is 0. The number of aromatic nitrogens is 3. The Bertz CT molecular complexity index is 1050. The van der Waals surface area contributed by atoms with Crippen LogP contribution in [-0.4, -0.2) is 56.4 Å². The van der Waals surface area contributed by atoms with Crippen LogP contribution in [0.3, 0.4) is 0 Å². The molecule has 0 spiro atoms. The summed E-state index contributed by atoms with van der Waals surface area (Å²) in [5.41, 5.74) is 1.20. The second-order valence-electron chi connectivity index (χ2n) is 6.85. The number of piperazine rings is 1. The van der Waals surface area contributed by atoms with Gasteiger partial charge in [0.2, 0.25) is 5.91 Å². The van der Waals surface area contributed by atoms with E-state index in [1.807, 2.05) is 12.1 Å². The smallest absolute Gasteiger partial charge is 0.261 e. The number of amides is 1. The zero-order valence-corrected chi connectivity index (χ0v) is 15.3. The van der Waals surface area contributed by atoms with E-state index in [1.54, 1.807) is 17.3 Å². The van der Waals surface area contributed by atoms with E-state index < -0.39 is 11.4 Å². The van der Waals surface area contributed by atoms with Crippen LogP contribution in [0.25, 0.3) is 10.9 Å². The molecule has 2 aromatic heterocycles. The van der Waals surface area contributed by atoms with Gasteiger partial charge in [0.1, 0.15) is 12.4 Å². The first-order valence-electron chi connectivity index (χ1n) is 9.14. The fourth-order valence-electron chi connectivity index (χ4n) is 3.39. The van der Waals surface area contributed by atoms with E-state index in [0.717, 1.165) is 25.7 Å². The summed E-state index contributed by atoms with van der Waals surface area (Å²) < 4.78 is 14.7. The summed E-state index contributed by atoms with van der Waals surface area (Å²) in [6.45, 7) is 3.48. The van der Waals surface area contributed by atoms with E-state index in [1.165, 1.54) is 28.6 Å². The Morgan fingerprint density at radius 2 is 1.82 bits per heavy atom. The molecule has 1 aliphatic heterocycles. The Kier molecular flexibility index (Phi) is 5.12. The highest BCUT2D eigenvalue weighted by molar-refractivity contribution is 5.79. The summed E-state index contributed by atoms with van der Waals surface area (Å²) in [4.78, 5) is 37.4. The highest BCUT2D eigenvalue weighted by Gasteiger charge is 2.22. The molecular weight excluding hydrogens is 361 g/mol. The number of pyridine rings is 1. The molecule has 0 unspecified atom stereocenters. The second kappa shape index (κ2) is 7.85. The Balaban J connectivity index is 1.39. The number of hydrogen-bond donors (Lipinski definition) is 0. The zero-order chi connectivity index (χ0) is 19.5. The van der Waals surface area contributed by atoms with E-state index in [2.05, 4.69) is 14.9 Å². The molecule has 0 saturated carbocycles. The lowest BCUT2D eigenvalue weighted by molar-refractivity contribution is -0.133. The molecule has 4 rings (SSSR count). The fraction of sp³-hybridized carbons (Fsp3) is 0.300. The molecule has 28 heavy (non-hydrogen) atoms. The molecule has 1 aliphatic rings. The number of benzene rings is 1. The molecule has 1 amide bonds. The standard InChI is InChI=1S/C20H20FN5O2/c21-16-1-2-18-17(11-16)20(28)26(14-23-18)13-19(27)25-9-7-24(8-10-25)12-15-3-5-22-6-4-15/h1-6,11,14H,7-10,12-13H2. The van der Waals surface area contributed by atoms with E-state index in [0.29, 0.717) is 18.6 Å². The number of fused-ring (bicyclic) bond motifs is 1. The largest absolute Gasteiger partial charge is 0.339 e. The monoisotopic (exact) mass is 381 g/mol. The fourth-order valence-corrected chi connectivity index (χ4v) is 3.39. The lowest BCUT2D eigenvalue weighted by Crippen LogP contribution is -2.49. The van der Waals surface area contributed by atoms with Crippen molar-refractivity contribution in [1.29, 1.82) is 0 Å². The average molecular weight is 381 g/mol. The molecule has 144 valence electrons. The number of halogens is 1. The van der Waals surface area contributed by atoms with Gasteiger partial charge in [0.25, 0.3) is 5.56 Å². The molecule has 0 radical (unpaired) electrons. The predicted octanol–water partition coefficient (Wildman–Crippen LogP) is 1.27. The molecule has 1 saturated heterocycles. The van der Waals surface area contributed by atoms with Crippen molar-refractivity contribution in [2.24, 2.45) is 0 Å². The van der Waals surface area contributed by atoms with Gasteiger partial charge in [-0.1, -0.05) is 0 Å². The predicted molar refractivity (Wildman–Crippen MR) is 102 cm³/mol. The number of nitrogens with zero attached hydrogens (tertiary/aromatic N) is 5. The topological polar surface area (TPSA) is 71.3 Å². The molecule has 7 nitrogen and oxygen atoms in total. The molecule has 0 N–H and O–H groups in total. The minimum atomic E-state index is -0.499. The molecule has 1 fully saturated rings. The second-order valence-corrected chi connectivity index (χ2v) is 6.85. The average Bonchev–Trinajstić information content (AvgIpc) is 2.72. The van der Waals surface area contributed by atoms with E-state index in [-0.39, 0.29) is 17.8 Å². The zero-order valence-electron chi connectivity index (χ0n) is 15.3. The van der Waals surface area contributed by atoms with Crippen molar-refractivity contribution in [1.82, 2.24) is 24.3 Å². The van der Waals surface area contributed by atoms with Gasteiger partial charge in [-0.2, -0.15) is 0 Å². The van der Waals surface area contributed by atoms with Crippen LogP contribution in [0.4, 0.5) is 4.39 Å². The van der Waals surface area contributed by atoms with Crippen molar-refractivity contribution < 1.29 is 9.18 Å². The van der Waals surface area contributed by atoms with Crippen molar-refractivity contribution in [2.75, 3.05) is 26.2 Å². The van der Waals surface area contributed by atoms with Gasteiger partial charge >= 0.3 is 0 Å². The molecule has 0 bridgehead atoms. The highest BCUT2D eigenvalue weighted by Crippen LogP contribution is 2.10. The number of hydrogen-bond acceptors (Lipinski definition) is 5. The summed E-state index contributed by atoms with van der Waals surface area (Å²) in [5, 5.41) is 0.178. The lowest BCUT2D eigenvalue weighted by Gasteiger charge is -2.34. The summed E-state index contributed by atoms with van der Waals surface area (Å²) in [5.74, 6) is -0.635. The van der Waals surface area contributed by atoms with Crippen molar-refractivity contribution in [3.8, 4) is 0 Å². The quantitative estimate of drug-likeness (QED) is 0.681.